The molecule has 252 valence electrons. The minimum absolute atomic E-state index is 0.0126. The topological polar surface area (TPSA) is 108 Å². The zero-order chi connectivity index (χ0) is 34.1. The van der Waals surface area contributed by atoms with Gasteiger partial charge in [0.05, 0.1) is 42.1 Å². The molecule has 2 unspecified atom stereocenters. The van der Waals surface area contributed by atoms with Gasteiger partial charge in [0.25, 0.3) is 0 Å². The van der Waals surface area contributed by atoms with Gasteiger partial charge in [-0.2, -0.15) is 0 Å². The van der Waals surface area contributed by atoms with E-state index in [1.165, 1.54) is 24.3 Å². The predicted octanol–water partition coefficient (Wildman–Crippen LogP) is 6.05. The molecule has 1 aliphatic carbocycles. The Labute approximate surface area is 286 Å². The molecule has 4 heterocycles. The lowest BCUT2D eigenvalue weighted by Gasteiger charge is -2.31. The Morgan fingerprint density at radius 2 is 1.88 bits per heavy atom. The molecule has 49 heavy (non-hydrogen) atoms. The van der Waals surface area contributed by atoms with Crippen LogP contribution in [0.3, 0.4) is 0 Å². The number of carbonyl (C=O) groups is 1. The Hall–Kier alpha value is -4.99. The minimum atomic E-state index is -0.909. The third-order valence-electron chi connectivity index (χ3n) is 9.00. The number of likely N-dealkylation sites (tertiary alicyclic amines) is 1. The van der Waals surface area contributed by atoms with Crippen LogP contribution in [0.15, 0.2) is 61.1 Å². The largest absolute Gasteiger partial charge is 0.484 e. The van der Waals surface area contributed by atoms with Crippen LogP contribution in [0, 0.1) is 29.4 Å². The van der Waals surface area contributed by atoms with Crippen molar-refractivity contribution in [1.29, 1.82) is 0 Å². The smallest absolute Gasteiger partial charge is 0.320 e. The molecule has 1 N–H and O–H groups in total. The van der Waals surface area contributed by atoms with E-state index in [0.717, 1.165) is 66.7 Å². The summed E-state index contributed by atoms with van der Waals surface area (Å²) in [7, 11) is 0. The summed E-state index contributed by atoms with van der Waals surface area (Å²) in [6, 6.07) is 12.7. The van der Waals surface area contributed by atoms with Gasteiger partial charge in [-0.05, 0) is 61.7 Å². The molecule has 2 aliphatic rings. The number of rotatable bonds is 12. The molecular weight excluding hydrogens is 654 g/mol. The van der Waals surface area contributed by atoms with Crippen LogP contribution in [0.2, 0.25) is 5.02 Å². The van der Waals surface area contributed by atoms with E-state index in [1.807, 2.05) is 30.7 Å². The van der Waals surface area contributed by atoms with Gasteiger partial charge < -0.3 is 23.7 Å². The summed E-state index contributed by atoms with van der Waals surface area (Å²) in [6.07, 6.45) is 5.01. The Bertz CT molecular complexity index is 2080. The summed E-state index contributed by atoms with van der Waals surface area (Å²) >= 11 is 5.80. The van der Waals surface area contributed by atoms with Gasteiger partial charge in [-0.1, -0.05) is 29.5 Å². The number of aryl methyl sites for hydroxylation is 1. The molecule has 1 saturated heterocycles. The molecule has 13 heteroatoms. The van der Waals surface area contributed by atoms with Gasteiger partial charge in [-0.3, -0.25) is 9.69 Å². The van der Waals surface area contributed by atoms with Crippen LogP contribution in [-0.4, -0.2) is 59.3 Å². The summed E-state index contributed by atoms with van der Waals surface area (Å²) in [5, 5.41) is 9.80. The maximum absolute atomic E-state index is 14.5. The van der Waals surface area contributed by atoms with Crippen molar-refractivity contribution in [3.05, 3.63) is 100 Å². The number of hydrogen-bond acceptors (Lipinski definition) is 7. The van der Waals surface area contributed by atoms with E-state index in [2.05, 4.69) is 42.8 Å². The average molecular weight is 687 g/mol. The van der Waals surface area contributed by atoms with Gasteiger partial charge in [-0.15, -0.1) is 0 Å². The standard InChI is InChI=1S/C36H33ClF2N6O4/c1-2-44-21-40-17-24(44)18-45-32-15-22(26-5-6-27(26)36(46)47)3-8-30(32)41-34(45)19-43-13-11-25(12-14-43)49-35-10-7-28(38)31(42-35)20-48-33-9-4-23(37)16-29(33)39/h3-4,7-10,15-17,21,25-27H,2,11-14,18-20H2,1H3,(H,46,47). The maximum Gasteiger partial charge on any atom is 0.320 e. The number of aromatic nitrogens is 5. The highest BCUT2D eigenvalue weighted by Crippen LogP contribution is 2.33. The molecule has 3 aromatic heterocycles. The Balaban J connectivity index is 1.03. The van der Waals surface area contributed by atoms with Crippen molar-refractivity contribution < 1.29 is 28.2 Å². The van der Waals surface area contributed by atoms with Crippen molar-refractivity contribution in [3.63, 3.8) is 0 Å². The Morgan fingerprint density at radius 3 is 2.61 bits per heavy atom. The molecule has 7 rings (SSSR count). The summed E-state index contributed by atoms with van der Waals surface area (Å²) in [5.74, 6) is 3.73. The second-order valence-electron chi connectivity index (χ2n) is 12.2. The van der Waals surface area contributed by atoms with Crippen LogP contribution < -0.4 is 9.47 Å². The number of carboxylic acids is 1. The first-order valence-corrected chi connectivity index (χ1v) is 16.5. The van der Waals surface area contributed by atoms with Crippen molar-refractivity contribution in [2.24, 2.45) is 5.92 Å². The summed E-state index contributed by atoms with van der Waals surface area (Å²) in [6.45, 7) is 5.25. The third-order valence-corrected chi connectivity index (χ3v) is 9.24. The first kappa shape index (κ1) is 32.6. The van der Waals surface area contributed by atoms with Gasteiger partial charge in [0.15, 0.2) is 11.6 Å². The van der Waals surface area contributed by atoms with Crippen molar-refractivity contribution in [2.75, 3.05) is 13.1 Å². The third kappa shape index (κ3) is 6.95. The average Bonchev–Trinajstić information content (AvgIpc) is 3.66. The molecular formula is C36H33ClF2N6O4. The van der Waals surface area contributed by atoms with Crippen molar-refractivity contribution in [3.8, 4) is 23.5 Å². The number of fused-ring (bicyclic) bond motifs is 1. The van der Waals surface area contributed by atoms with Crippen LogP contribution >= 0.6 is 11.6 Å². The summed E-state index contributed by atoms with van der Waals surface area (Å²) in [5.41, 5.74) is 3.68. The molecule has 0 bridgehead atoms. The minimum Gasteiger partial charge on any atom is -0.484 e. The van der Waals surface area contributed by atoms with Gasteiger partial charge >= 0.3 is 5.97 Å². The molecule has 0 spiro atoms. The van der Waals surface area contributed by atoms with E-state index in [4.69, 9.17) is 26.1 Å². The molecule has 0 saturated carbocycles. The first-order valence-electron chi connectivity index (χ1n) is 16.1. The first-order chi connectivity index (χ1) is 23.7. The molecule has 0 radical (unpaired) electrons. The highest BCUT2D eigenvalue weighted by atomic mass is 35.5. The number of aliphatic carboxylic acids is 1. The Kier molecular flexibility index (Phi) is 9.21. The zero-order valence-corrected chi connectivity index (χ0v) is 27.4. The lowest BCUT2D eigenvalue weighted by molar-refractivity contribution is -0.140. The van der Waals surface area contributed by atoms with Crippen LogP contribution in [0.5, 0.6) is 11.6 Å². The van der Waals surface area contributed by atoms with Gasteiger partial charge in [0.2, 0.25) is 5.88 Å². The molecule has 2 atom stereocenters. The molecule has 1 fully saturated rings. The van der Waals surface area contributed by atoms with E-state index in [9.17, 15) is 18.7 Å². The summed E-state index contributed by atoms with van der Waals surface area (Å²) in [4.78, 5) is 27.7. The number of imidazole rings is 2. The van der Waals surface area contributed by atoms with E-state index in [-0.39, 0.29) is 41.0 Å². The Morgan fingerprint density at radius 1 is 1.04 bits per heavy atom. The summed E-state index contributed by atoms with van der Waals surface area (Å²) < 4.78 is 44.5. The SMILES string of the molecule is CCn1cncc1Cn1c(CN2CCC(Oc3ccc(F)c(COc4ccc(Cl)cc4F)n3)CC2)nc2ccc(C3C#CC3C(=O)O)cc21. The monoisotopic (exact) mass is 686 g/mol. The number of nitrogens with zero attached hydrogens (tertiary/aromatic N) is 6. The van der Waals surface area contributed by atoms with Crippen molar-refractivity contribution in [1.82, 2.24) is 29.0 Å². The number of piperidine rings is 1. The number of halogens is 3. The normalized spacial score (nSPS) is 17.8. The number of benzene rings is 2. The molecule has 10 nitrogen and oxygen atoms in total. The van der Waals surface area contributed by atoms with E-state index in [0.29, 0.717) is 13.1 Å². The quantitative estimate of drug-likeness (QED) is 0.158. The van der Waals surface area contributed by atoms with Crippen LogP contribution in [-0.2, 0) is 31.0 Å². The van der Waals surface area contributed by atoms with E-state index < -0.39 is 23.5 Å². The van der Waals surface area contributed by atoms with Crippen LogP contribution in [0.1, 0.15) is 48.5 Å². The van der Waals surface area contributed by atoms with Gasteiger partial charge in [0, 0.05) is 36.9 Å². The lowest BCUT2D eigenvalue weighted by atomic mass is 9.80. The fourth-order valence-corrected chi connectivity index (χ4v) is 6.42. The lowest BCUT2D eigenvalue weighted by Crippen LogP contribution is -2.38. The fraction of sp³-hybridized carbons (Fsp3) is 0.333. The van der Waals surface area contributed by atoms with E-state index in [1.54, 1.807) is 0 Å². The van der Waals surface area contributed by atoms with Gasteiger partial charge in [-0.25, -0.2) is 23.7 Å². The zero-order valence-electron chi connectivity index (χ0n) is 26.7. The highest BCUT2D eigenvalue weighted by Gasteiger charge is 2.32. The van der Waals surface area contributed by atoms with Crippen LogP contribution in [0.4, 0.5) is 8.78 Å². The number of carboxylic acid groups (broad SMARTS) is 1. The van der Waals surface area contributed by atoms with E-state index >= 15 is 0 Å². The maximum atomic E-state index is 14.5. The predicted molar refractivity (Wildman–Crippen MR) is 177 cm³/mol. The fourth-order valence-electron chi connectivity index (χ4n) is 6.26. The molecule has 5 aromatic rings. The van der Waals surface area contributed by atoms with Crippen molar-refractivity contribution in [2.45, 2.75) is 58.0 Å². The number of hydrogen-bond donors (Lipinski definition) is 1. The molecule has 0 amide bonds. The van der Waals surface area contributed by atoms with Crippen molar-refractivity contribution >= 4 is 28.6 Å². The van der Waals surface area contributed by atoms with Gasteiger partial charge in [0.1, 0.15) is 36.0 Å². The highest BCUT2D eigenvalue weighted by molar-refractivity contribution is 6.30. The second-order valence-corrected chi connectivity index (χ2v) is 12.6. The number of pyridine rings is 1. The second kappa shape index (κ2) is 13.9. The number of ether oxygens (including phenoxy) is 2. The van der Waals surface area contributed by atoms with Crippen LogP contribution in [0.25, 0.3) is 11.0 Å². The molecule has 2 aromatic carbocycles. The molecule has 1 aliphatic heterocycles.